The lowest BCUT2D eigenvalue weighted by atomic mass is 10.0. The minimum absolute atomic E-state index is 0.806. The van der Waals surface area contributed by atoms with Crippen molar-refractivity contribution < 1.29 is 47.2 Å². The highest BCUT2D eigenvalue weighted by molar-refractivity contribution is 7.80. The fraction of sp³-hybridized carbons (Fsp3) is 0.750. The van der Waals surface area contributed by atoms with Gasteiger partial charge in [0.15, 0.2) is 24.2 Å². The fourth-order valence-electron chi connectivity index (χ4n) is 1.14. The number of aliphatic hydroxyl groups excluding tert-OH is 4. The van der Waals surface area contributed by atoms with Crippen molar-refractivity contribution in [2.45, 2.75) is 31.5 Å². The number of ketones is 1. The van der Waals surface area contributed by atoms with Gasteiger partial charge >= 0.3 is 10.4 Å². The molecule has 0 saturated carbocycles. The van der Waals surface area contributed by atoms with Crippen molar-refractivity contribution in [2.24, 2.45) is 0 Å². The second-order valence-electron chi connectivity index (χ2n) is 3.69. The first-order chi connectivity index (χ1) is 8.99. The second-order valence-corrected chi connectivity index (χ2v) is 4.73. The highest BCUT2D eigenvalue weighted by Gasteiger charge is 2.38. The van der Waals surface area contributed by atoms with Gasteiger partial charge in [-0.15, -0.1) is 0 Å². The zero-order valence-corrected chi connectivity index (χ0v) is 11.0. The molecule has 0 fully saturated rings. The molecular formula is C8H15NO10S. The normalized spacial score (nSPS) is 17.9. The number of hydrogen-bond donors (Lipinski definition) is 6. The Morgan fingerprint density at radius 2 is 1.75 bits per heavy atom. The topological polar surface area (TPSA) is 191 Å². The van der Waals surface area contributed by atoms with Crippen LogP contribution in [0, 0.1) is 0 Å². The average Bonchev–Trinajstić information content (AvgIpc) is 2.31. The summed E-state index contributed by atoms with van der Waals surface area (Å²) in [5, 5.41) is 38.2. The number of carbonyl (C=O) groups excluding carboxylic acids is 2. The van der Waals surface area contributed by atoms with Crippen LogP contribution in [0.2, 0.25) is 0 Å². The number of hydrogen-bond acceptors (Lipinski definition) is 9. The Labute approximate surface area is 113 Å². The summed E-state index contributed by atoms with van der Waals surface area (Å²) < 4.78 is 33.3. The molecule has 0 aromatic carbocycles. The molecule has 0 saturated heterocycles. The van der Waals surface area contributed by atoms with Gasteiger partial charge in [0.2, 0.25) is 5.91 Å². The first-order valence-corrected chi connectivity index (χ1v) is 6.47. The van der Waals surface area contributed by atoms with Crippen LogP contribution in [0.5, 0.6) is 0 Å². The summed E-state index contributed by atoms with van der Waals surface area (Å²) >= 11 is 0. The number of rotatable bonds is 8. The van der Waals surface area contributed by atoms with E-state index in [0.717, 1.165) is 6.92 Å². The molecule has 0 rings (SSSR count). The molecule has 1 amide bonds. The van der Waals surface area contributed by atoms with Gasteiger partial charge < -0.3 is 25.7 Å². The SMILES string of the molecule is CC(=O)NC(O)[C@H](O)C(=O)[C@@H](OS(=O)(=O)O)[C@H](O)CO. The van der Waals surface area contributed by atoms with E-state index in [0.29, 0.717) is 0 Å². The van der Waals surface area contributed by atoms with Crippen molar-refractivity contribution >= 4 is 22.1 Å². The summed E-state index contributed by atoms with van der Waals surface area (Å²) in [5.41, 5.74) is 0. The smallest absolute Gasteiger partial charge is 0.394 e. The highest BCUT2D eigenvalue weighted by atomic mass is 32.3. The maximum Gasteiger partial charge on any atom is 0.398 e. The van der Waals surface area contributed by atoms with Crippen LogP contribution < -0.4 is 5.32 Å². The molecule has 12 heteroatoms. The summed E-state index contributed by atoms with van der Waals surface area (Å²) in [7, 11) is -5.18. The van der Waals surface area contributed by atoms with Crippen LogP contribution in [0.4, 0.5) is 0 Å². The van der Waals surface area contributed by atoms with Crippen molar-refractivity contribution in [3.8, 4) is 0 Å². The molecule has 0 heterocycles. The molecule has 20 heavy (non-hydrogen) atoms. The van der Waals surface area contributed by atoms with Gasteiger partial charge in [-0.25, -0.2) is 4.18 Å². The average molecular weight is 317 g/mol. The molecule has 118 valence electrons. The van der Waals surface area contributed by atoms with Crippen LogP contribution >= 0.6 is 0 Å². The van der Waals surface area contributed by atoms with Gasteiger partial charge in [0.05, 0.1) is 6.61 Å². The van der Waals surface area contributed by atoms with Crippen molar-refractivity contribution in [1.29, 1.82) is 0 Å². The van der Waals surface area contributed by atoms with Crippen molar-refractivity contribution in [2.75, 3.05) is 6.61 Å². The maximum absolute atomic E-state index is 11.6. The van der Waals surface area contributed by atoms with E-state index in [1.54, 1.807) is 5.32 Å². The monoisotopic (exact) mass is 317 g/mol. The van der Waals surface area contributed by atoms with E-state index in [-0.39, 0.29) is 0 Å². The summed E-state index contributed by atoms with van der Waals surface area (Å²) in [6.45, 7) is -0.163. The summed E-state index contributed by atoms with van der Waals surface area (Å²) in [4.78, 5) is 22.2. The summed E-state index contributed by atoms with van der Waals surface area (Å²) in [6.07, 6.45) is -8.91. The Morgan fingerprint density at radius 3 is 2.10 bits per heavy atom. The van der Waals surface area contributed by atoms with Crippen LogP contribution in [0.15, 0.2) is 0 Å². The Hall–Kier alpha value is -1.15. The second kappa shape index (κ2) is 7.58. The number of nitrogens with one attached hydrogen (secondary N) is 1. The molecule has 0 bridgehead atoms. The van der Waals surface area contributed by atoms with Gasteiger partial charge in [0.25, 0.3) is 0 Å². The van der Waals surface area contributed by atoms with Crippen molar-refractivity contribution in [3.05, 3.63) is 0 Å². The molecule has 0 aromatic heterocycles. The first-order valence-electron chi connectivity index (χ1n) is 5.11. The van der Waals surface area contributed by atoms with E-state index < -0.39 is 53.2 Å². The maximum atomic E-state index is 11.6. The van der Waals surface area contributed by atoms with E-state index in [1.165, 1.54) is 0 Å². The Kier molecular flexibility index (Phi) is 7.15. The lowest BCUT2D eigenvalue weighted by Crippen LogP contribution is -2.53. The number of carbonyl (C=O) groups is 2. The standard InChI is InChI=1S/C8H15NO10S/c1-3(11)9-8(15)6(14)5(13)7(4(12)2-10)19-20(16,17)18/h4,6-8,10,12,14-15H,2H2,1H3,(H,9,11)(H,16,17,18)/t4-,6-,7+,8?/m1/s1. The molecule has 0 aliphatic carbocycles. The van der Waals surface area contributed by atoms with Gasteiger partial charge in [-0.3, -0.25) is 14.1 Å². The van der Waals surface area contributed by atoms with E-state index in [4.69, 9.17) is 9.66 Å². The quantitative estimate of drug-likeness (QED) is 0.189. The third-order valence-corrected chi connectivity index (χ3v) is 2.43. The third kappa shape index (κ3) is 6.33. The lowest BCUT2D eigenvalue weighted by Gasteiger charge is -2.24. The zero-order chi connectivity index (χ0) is 16.1. The number of amides is 1. The minimum atomic E-state index is -5.18. The predicted octanol–water partition coefficient (Wildman–Crippen LogP) is -4.09. The molecule has 0 aliphatic rings. The van der Waals surface area contributed by atoms with Crippen LogP contribution in [-0.2, 0) is 24.2 Å². The number of Topliss-reactive ketones (excluding diaryl/α,β-unsaturated/α-hetero) is 1. The minimum Gasteiger partial charge on any atom is -0.394 e. The van der Waals surface area contributed by atoms with E-state index >= 15 is 0 Å². The van der Waals surface area contributed by atoms with E-state index in [1.807, 2.05) is 0 Å². The van der Waals surface area contributed by atoms with Crippen molar-refractivity contribution in [3.63, 3.8) is 0 Å². The largest absolute Gasteiger partial charge is 0.398 e. The van der Waals surface area contributed by atoms with Gasteiger partial charge in [0.1, 0.15) is 6.10 Å². The van der Waals surface area contributed by atoms with Gasteiger partial charge in [-0.2, -0.15) is 8.42 Å². The summed E-state index contributed by atoms with van der Waals surface area (Å²) in [6, 6.07) is 0. The molecule has 11 nitrogen and oxygen atoms in total. The molecule has 0 aliphatic heterocycles. The van der Waals surface area contributed by atoms with Crippen LogP contribution in [0.3, 0.4) is 0 Å². The Bertz CT molecular complexity index is 448. The fourth-order valence-corrected chi connectivity index (χ4v) is 1.62. The van der Waals surface area contributed by atoms with Gasteiger partial charge in [-0.05, 0) is 0 Å². The van der Waals surface area contributed by atoms with Gasteiger partial charge in [-0.1, -0.05) is 0 Å². The molecule has 1 unspecified atom stereocenters. The Balaban J connectivity index is 5.08. The lowest BCUT2D eigenvalue weighted by molar-refractivity contribution is -0.149. The first kappa shape index (κ1) is 18.9. The van der Waals surface area contributed by atoms with Gasteiger partial charge in [0, 0.05) is 6.92 Å². The Morgan fingerprint density at radius 1 is 1.25 bits per heavy atom. The highest BCUT2D eigenvalue weighted by Crippen LogP contribution is 2.09. The summed E-state index contributed by atoms with van der Waals surface area (Å²) in [5.74, 6) is -2.38. The number of aliphatic hydroxyl groups is 4. The molecule has 0 spiro atoms. The van der Waals surface area contributed by atoms with Crippen molar-refractivity contribution in [1.82, 2.24) is 5.32 Å². The van der Waals surface area contributed by atoms with Crippen LogP contribution in [0.25, 0.3) is 0 Å². The predicted molar refractivity (Wildman–Crippen MR) is 60.4 cm³/mol. The molecule has 0 radical (unpaired) electrons. The molecular weight excluding hydrogens is 302 g/mol. The van der Waals surface area contributed by atoms with E-state index in [9.17, 15) is 33.3 Å². The van der Waals surface area contributed by atoms with Crippen LogP contribution in [-0.4, -0.2) is 76.2 Å². The van der Waals surface area contributed by atoms with E-state index in [2.05, 4.69) is 4.18 Å². The molecule has 4 atom stereocenters. The third-order valence-electron chi connectivity index (χ3n) is 1.98. The van der Waals surface area contributed by atoms with Crippen LogP contribution in [0.1, 0.15) is 6.92 Å². The zero-order valence-electron chi connectivity index (χ0n) is 10.2. The molecule has 6 N–H and O–H groups in total. The molecule has 0 aromatic rings.